The number of carbonyl (C=O) groups excluding carboxylic acids is 1. The fraction of sp³-hybridized carbons (Fsp3) is 0.417. The Balaban J connectivity index is 2.13. The van der Waals surface area contributed by atoms with Crippen LogP contribution in [-0.2, 0) is 14.8 Å². The van der Waals surface area contributed by atoms with Gasteiger partial charge in [-0.15, -0.1) is 0 Å². The third kappa shape index (κ3) is 3.93. The van der Waals surface area contributed by atoms with Crippen LogP contribution in [0, 0.1) is 0 Å². The number of anilines is 2. The number of hydrogen-bond acceptors (Lipinski definition) is 4. The van der Waals surface area contributed by atoms with Crippen LogP contribution in [-0.4, -0.2) is 33.2 Å². The van der Waals surface area contributed by atoms with Crippen molar-refractivity contribution >= 4 is 27.3 Å². The zero-order valence-electron chi connectivity index (χ0n) is 10.6. The molecule has 7 heteroatoms. The fourth-order valence-corrected chi connectivity index (χ4v) is 2.59. The third-order valence-electron chi connectivity index (χ3n) is 2.86. The first-order valence-corrected chi connectivity index (χ1v) is 7.96. The van der Waals surface area contributed by atoms with E-state index in [1.165, 1.54) is 0 Å². The molecule has 0 unspecified atom stereocenters. The van der Waals surface area contributed by atoms with Crippen LogP contribution in [0.5, 0.6) is 0 Å². The molecule has 0 aromatic heterocycles. The molecule has 1 amide bonds. The summed E-state index contributed by atoms with van der Waals surface area (Å²) < 4.78 is 24.9. The highest BCUT2D eigenvalue weighted by atomic mass is 32.2. The molecule has 0 radical (unpaired) electrons. The maximum atomic E-state index is 12.0. The van der Waals surface area contributed by atoms with Crippen molar-refractivity contribution < 1.29 is 13.2 Å². The van der Waals surface area contributed by atoms with Gasteiger partial charge in [-0.2, -0.15) is 0 Å². The first-order valence-electron chi connectivity index (χ1n) is 6.07. The van der Waals surface area contributed by atoms with Gasteiger partial charge < -0.3 is 10.6 Å². The summed E-state index contributed by atoms with van der Waals surface area (Å²) in [5.74, 6) is -0.139. The van der Waals surface area contributed by atoms with Crippen LogP contribution < -0.4 is 15.4 Å². The van der Waals surface area contributed by atoms with Gasteiger partial charge in [-0.1, -0.05) is 12.1 Å². The van der Waals surface area contributed by atoms with Crippen LogP contribution in [0.1, 0.15) is 12.8 Å². The second-order valence-corrected chi connectivity index (χ2v) is 6.31. The van der Waals surface area contributed by atoms with Crippen molar-refractivity contribution in [2.24, 2.45) is 0 Å². The lowest BCUT2D eigenvalue weighted by Crippen LogP contribution is -2.35. The van der Waals surface area contributed by atoms with E-state index in [0.29, 0.717) is 11.4 Å². The SMILES string of the molecule is CS(=O)(=O)Nc1ccccc1NC(=O)[C@@H]1CCCN1. The Bertz CT molecular complexity index is 565. The predicted molar refractivity (Wildman–Crippen MR) is 74.6 cm³/mol. The topological polar surface area (TPSA) is 87.3 Å². The summed E-state index contributed by atoms with van der Waals surface area (Å²) in [6.45, 7) is 0.835. The maximum Gasteiger partial charge on any atom is 0.241 e. The number of hydrogen-bond donors (Lipinski definition) is 3. The molecule has 0 spiro atoms. The molecule has 1 aromatic carbocycles. The number of nitrogens with one attached hydrogen (secondary N) is 3. The Morgan fingerprint density at radius 3 is 2.58 bits per heavy atom. The average molecular weight is 283 g/mol. The predicted octanol–water partition coefficient (Wildman–Crippen LogP) is 0.749. The maximum absolute atomic E-state index is 12.0. The van der Waals surface area contributed by atoms with Crippen LogP contribution in [0.15, 0.2) is 24.3 Å². The van der Waals surface area contributed by atoms with E-state index in [2.05, 4.69) is 15.4 Å². The largest absolute Gasteiger partial charge is 0.323 e. The molecule has 1 aromatic rings. The summed E-state index contributed by atoms with van der Waals surface area (Å²) in [5.41, 5.74) is 0.836. The van der Waals surface area contributed by atoms with Crippen molar-refractivity contribution in [3.8, 4) is 0 Å². The molecule has 1 aliphatic heterocycles. The van der Waals surface area contributed by atoms with Crippen molar-refractivity contribution in [2.45, 2.75) is 18.9 Å². The molecular formula is C12H17N3O3S. The van der Waals surface area contributed by atoms with E-state index in [1.54, 1.807) is 24.3 Å². The van der Waals surface area contributed by atoms with Crippen LogP contribution in [0.2, 0.25) is 0 Å². The molecule has 0 bridgehead atoms. The summed E-state index contributed by atoms with van der Waals surface area (Å²) >= 11 is 0. The zero-order valence-corrected chi connectivity index (χ0v) is 11.5. The van der Waals surface area contributed by atoms with Gasteiger partial charge >= 0.3 is 0 Å². The molecule has 0 saturated carbocycles. The lowest BCUT2D eigenvalue weighted by molar-refractivity contribution is -0.117. The number of rotatable bonds is 4. The van der Waals surface area contributed by atoms with E-state index in [-0.39, 0.29) is 11.9 Å². The highest BCUT2D eigenvalue weighted by molar-refractivity contribution is 7.92. The van der Waals surface area contributed by atoms with Gasteiger partial charge in [0.1, 0.15) is 0 Å². The molecule has 104 valence electrons. The number of amides is 1. The zero-order chi connectivity index (χ0) is 13.9. The van der Waals surface area contributed by atoms with E-state index >= 15 is 0 Å². The number of benzene rings is 1. The molecule has 1 saturated heterocycles. The molecule has 6 nitrogen and oxygen atoms in total. The molecular weight excluding hydrogens is 266 g/mol. The smallest absolute Gasteiger partial charge is 0.241 e. The van der Waals surface area contributed by atoms with E-state index in [9.17, 15) is 13.2 Å². The van der Waals surface area contributed by atoms with Gasteiger partial charge in [-0.25, -0.2) is 8.42 Å². The average Bonchev–Trinajstić information content (AvgIpc) is 2.83. The summed E-state index contributed by atoms with van der Waals surface area (Å²) in [4.78, 5) is 12.0. The standard InChI is InChI=1S/C12H17N3O3S/c1-19(17,18)15-10-6-3-2-5-9(10)14-12(16)11-7-4-8-13-11/h2-3,5-6,11,13,15H,4,7-8H2,1H3,(H,14,16)/t11-/m0/s1. The second-order valence-electron chi connectivity index (χ2n) is 4.56. The van der Waals surface area contributed by atoms with Crippen molar-refractivity contribution in [1.29, 1.82) is 0 Å². The minimum Gasteiger partial charge on any atom is -0.323 e. The van der Waals surface area contributed by atoms with Gasteiger partial charge in [0.15, 0.2) is 0 Å². The quantitative estimate of drug-likeness (QED) is 0.761. The van der Waals surface area contributed by atoms with Gasteiger partial charge in [0.2, 0.25) is 15.9 Å². The van der Waals surface area contributed by atoms with Crippen LogP contribution in [0.25, 0.3) is 0 Å². The lowest BCUT2D eigenvalue weighted by atomic mass is 10.2. The summed E-state index contributed by atoms with van der Waals surface area (Å²) in [5, 5.41) is 5.84. The monoisotopic (exact) mass is 283 g/mol. The molecule has 2 rings (SSSR count). The molecule has 19 heavy (non-hydrogen) atoms. The normalized spacial score (nSPS) is 19.1. The van der Waals surface area contributed by atoms with Gasteiger partial charge in [0.05, 0.1) is 23.7 Å². The number of carbonyl (C=O) groups is 1. The first-order chi connectivity index (χ1) is 8.96. The van der Waals surface area contributed by atoms with Crippen LogP contribution >= 0.6 is 0 Å². The highest BCUT2D eigenvalue weighted by Gasteiger charge is 2.22. The van der Waals surface area contributed by atoms with E-state index in [4.69, 9.17) is 0 Å². The van der Waals surface area contributed by atoms with Gasteiger partial charge in [0.25, 0.3) is 0 Å². The second kappa shape index (κ2) is 5.58. The van der Waals surface area contributed by atoms with Crippen LogP contribution in [0.4, 0.5) is 11.4 Å². The molecule has 1 aliphatic rings. The Morgan fingerprint density at radius 1 is 1.32 bits per heavy atom. The van der Waals surface area contributed by atoms with E-state index in [0.717, 1.165) is 25.6 Å². The third-order valence-corrected chi connectivity index (χ3v) is 3.45. The Hall–Kier alpha value is -1.60. The van der Waals surface area contributed by atoms with Gasteiger partial charge in [0, 0.05) is 0 Å². The first kappa shape index (κ1) is 13.8. The summed E-state index contributed by atoms with van der Waals surface area (Å²) in [6.07, 6.45) is 2.85. The lowest BCUT2D eigenvalue weighted by Gasteiger charge is -2.14. The molecule has 3 N–H and O–H groups in total. The highest BCUT2D eigenvalue weighted by Crippen LogP contribution is 2.22. The van der Waals surface area contributed by atoms with Crippen molar-refractivity contribution in [3.05, 3.63) is 24.3 Å². The Morgan fingerprint density at radius 2 is 2.00 bits per heavy atom. The van der Waals surface area contributed by atoms with Crippen molar-refractivity contribution in [1.82, 2.24) is 5.32 Å². The van der Waals surface area contributed by atoms with Crippen LogP contribution in [0.3, 0.4) is 0 Å². The van der Waals surface area contributed by atoms with E-state index < -0.39 is 10.0 Å². The Kier molecular flexibility index (Phi) is 4.06. The van der Waals surface area contributed by atoms with Crippen molar-refractivity contribution in [2.75, 3.05) is 22.8 Å². The van der Waals surface area contributed by atoms with Gasteiger partial charge in [-0.05, 0) is 31.5 Å². The minimum atomic E-state index is -3.37. The molecule has 0 aliphatic carbocycles. The molecule has 1 heterocycles. The summed E-state index contributed by atoms with van der Waals surface area (Å²) in [7, 11) is -3.37. The van der Waals surface area contributed by atoms with E-state index in [1.807, 2.05) is 0 Å². The van der Waals surface area contributed by atoms with Crippen molar-refractivity contribution in [3.63, 3.8) is 0 Å². The molecule has 1 fully saturated rings. The Labute approximate surface area is 112 Å². The minimum absolute atomic E-state index is 0.139. The molecule has 1 atom stereocenters. The van der Waals surface area contributed by atoms with Gasteiger partial charge in [-0.3, -0.25) is 9.52 Å². The fourth-order valence-electron chi connectivity index (χ4n) is 2.01. The number of sulfonamides is 1. The summed E-state index contributed by atoms with van der Waals surface area (Å²) in [6, 6.07) is 6.52. The number of para-hydroxylation sites is 2.